The zero-order valence-electron chi connectivity index (χ0n) is 11.0. The normalized spacial score (nSPS) is 23.9. The maximum atomic E-state index is 5.37. The Morgan fingerprint density at radius 1 is 1.39 bits per heavy atom. The first-order valence-electron chi connectivity index (χ1n) is 6.25. The molecule has 1 aromatic rings. The number of ether oxygens (including phenoxy) is 1. The minimum Gasteiger partial charge on any atom is -0.381 e. The highest BCUT2D eigenvalue weighted by Crippen LogP contribution is 2.24. The average molecular weight is 266 g/mol. The molecule has 0 unspecified atom stereocenters. The zero-order chi connectivity index (χ0) is 13.0. The first-order chi connectivity index (χ1) is 8.72. The van der Waals surface area contributed by atoms with Crippen LogP contribution < -0.4 is 5.32 Å². The lowest BCUT2D eigenvalue weighted by atomic mass is 9.93. The van der Waals surface area contributed by atoms with Crippen molar-refractivity contribution >= 4 is 17.7 Å². The molecule has 99 valence electrons. The monoisotopic (exact) mass is 266 g/mol. The van der Waals surface area contributed by atoms with Crippen LogP contribution in [0.2, 0.25) is 0 Å². The molecule has 0 aliphatic heterocycles. The van der Waals surface area contributed by atoms with Crippen LogP contribution >= 0.6 is 11.8 Å². The van der Waals surface area contributed by atoms with E-state index in [1.54, 1.807) is 25.1 Å². The van der Waals surface area contributed by atoms with E-state index < -0.39 is 0 Å². The molecule has 1 aliphatic rings. The molecule has 0 atom stereocenters. The van der Waals surface area contributed by atoms with Crippen molar-refractivity contribution in [2.24, 2.45) is 0 Å². The first kappa shape index (κ1) is 13.6. The highest BCUT2D eigenvalue weighted by atomic mass is 32.2. The summed E-state index contributed by atoms with van der Waals surface area (Å²) in [5.74, 6) is 0.715. The Hall–Kier alpha value is -0.810. The second-order valence-corrected chi connectivity index (χ2v) is 5.38. The Morgan fingerprint density at radius 3 is 2.72 bits per heavy atom. The molecule has 1 aromatic heterocycles. The second kappa shape index (κ2) is 6.38. The fraction of sp³-hybridized carbons (Fsp3) is 0.615. The van der Waals surface area contributed by atoms with Crippen LogP contribution in [0.15, 0.2) is 11.2 Å². The SMILES string of the molecule is [CH2]c1cnc(N[C@H]2CC[C@H](OC)CC2)nc1SC. The van der Waals surface area contributed by atoms with Gasteiger partial charge in [-0.25, -0.2) is 9.97 Å². The zero-order valence-corrected chi connectivity index (χ0v) is 11.8. The summed E-state index contributed by atoms with van der Waals surface area (Å²) in [6.07, 6.45) is 8.65. The molecule has 2 rings (SSSR count). The van der Waals surface area contributed by atoms with Gasteiger partial charge in [-0.1, -0.05) is 0 Å². The van der Waals surface area contributed by atoms with Crippen molar-refractivity contribution in [3.63, 3.8) is 0 Å². The van der Waals surface area contributed by atoms with Crippen LogP contribution in [-0.2, 0) is 4.74 Å². The van der Waals surface area contributed by atoms with E-state index in [-0.39, 0.29) is 0 Å². The molecule has 0 aromatic carbocycles. The van der Waals surface area contributed by atoms with Gasteiger partial charge in [0, 0.05) is 24.9 Å². The maximum Gasteiger partial charge on any atom is 0.223 e. The first-order valence-corrected chi connectivity index (χ1v) is 7.47. The van der Waals surface area contributed by atoms with Crippen molar-refractivity contribution in [2.45, 2.75) is 42.9 Å². The fourth-order valence-corrected chi connectivity index (χ4v) is 2.76. The summed E-state index contributed by atoms with van der Waals surface area (Å²) >= 11 is 1.60. The highest BCUT2D eigenvalue weighted by Gasteiger charge is 2.21. The number of methoxy groups -OCH3 is 1. The number of rotatable bonds is 4. The van der Waals surface area contributed by atoms with Crippen molar-refractivity contribution in [3.8, 4) is 0 Å². The van der Waals surface area contributed by atoms with Gasteiger partial charge in [0.1, 0.15) is 5.03 Å². The van der Waals surface area contributed by atoms with Gasteiger partial charge >= 0.3 is 0 Å². The average Bonchev–Trinajstić information content (AvgIpc) is 2.42. The predicted molar refractivity (Wildman–Crippen MR) is 74.9 cm³/mol. The van der Waals surface area contributed by atoms with Gasteiger partial charge in [0.25, 0.3) is 0 Å². The molecular weight excluding hydrogens is 246 g/mol. The third-order valence-corrected chi connectivity index (χ3v) is 4.10. The molecule has 1 radical (unpaired) electrons. The lowest BCUT2D eigenvalue weighted by Crippen LogP contribution is -2.29. The summed E-state index contributed by atoms with van der Waals surface area (Å²) in [5.41, 5.74) is 0.885. The molecule has 0 spiro atoms. The lowest BCUT2D eigenvalue weighted by molar-refractivity contribution is 0.0681. The molecule has 1 heterocycles. The van der Waals surface area contributed by atoms with E-state index in [2.05, 4.69) is 22.2 Å². The Labute approximate surface area is 113 Å². The minimum absolute atomic E-state index is 0.424. The number of aromatic nitrogens is 2. The molecule has 0 saturated heterocycles. The van der Waals surface area contributed by atoms with E-state index in [4.69, 9.17) is 4.74 Å². The molecule has 0 bridgehead atoms. The second-order valence-electron chi connectivity index (χ2n) is 4.58. The number of hydrogen-bond donors (Lipinski definition) is 1. The van der Waals surface area contributed by atoms with Crippen LogP contribution in [0.3, 0.4) is 0 Å². The standard InChI is InChI=1S/C13H20N3OS/c1-9-8-14-13(16-12(9)18-3)15-10-4-6-11(17-2)7-5-10/h8,10-11H,1,4-7H2,2-3H3,(H,14,15,16)/t10-,11-. The van der Waals surface area contributed by atoms with Gasteiger partial charge in [-0.2, -0.15) is 0 Å². The van der Waals surface area contributed by atoms with Crippen LogP contribution in [0, 0.1) is 6.92 Å². The van der Waals surface area contributed by atoms with Crippen LogP contribution in [0.5, 0.6) is 0 Å². The van der Waals surface area contributed by atoms with E-state index >= 15 is 0 Å². The highest BCUT2D eigenvalue weighted by molar-refractivity contribution is 7.98. The molecule has 1 fully saturated rings. The topological polar surface area (TPSA) is 47.0 Å². The predicted octanol–water partition coefficient (Wildman–Crippen LogP) is 2.75. The van der Waals surface area contributed by atoms with Crippen LogP contribution in [0.4, 0.5) is 5.95 Å². The van der Waals surface area contributed by atoms with Crippen molar-refractivity contribution in [1.82, 2.24) is 9.97 Å². The maximum absolute atomic E-state index is 5.37. The Balaban J connectivity index is 1.94. The van der Waals surface area contributed by atoms with Gasteiger partial charge in [0.15, 0.2) is 0 Å². The third kappa shape index (κ3) is 3.36. The molecule has 5 heteroatoms. The van der Waals surface area contributed by atoms with Crippen molar-refractivity contribution in [2.75, 3.05) is 18.7 Å². The summed E-state index contributed by atoms with van der Waals surface area (Å²) in [5, 5.41) is 4.35. The minimum atomic E-state index is 0.424. The molecule has 18 heavy (non-hydrogen) atoms. The van der Waals surface area contributed by atoms with Gasteiger partial charge in [0.2, 0.25) is 5.95 Å². The summed E-state index contributed by atoms with van der Waals surface area (Å²) in [4.78, 5) is 8.76. The van der Waals surface area contributed by atoms with E-state index in [9.17, 15) is 0 Å². The van der Waals surface area contributed by atoms with E-state index in [0.717, 1.165) is 36.3 Å². The molecule has 1 aliphatic carbocycles. The molecule has 1 N–H and O–H groups in total. The van der Waals surface area contributed by atoms with Crippen LogP contribution in [0.1, 0.15) is 31.2 Å². The fourth-order valence-electron chi connectivity index (χ4n) is 2.26. The van der Waals surface area contributed by atoms with Crippen molar-refractivity contribution in [1.29, 1.82) is 0 Å². The lowest BCUT2D eigenvalue weighted by Gasteiger charge is -2.28. The Kier molecular flexibility index (Phi) is 4.83. The van der Waals surface area contributed by atoms with E-state index in [1.807, 2.05) is 6.26 Å². The third-order valence-electron chi connectivity index (χ3n) is 3.36. The van der Waals surface area contributed by atoms with Gasteiger partial charge in [-0.05, 0) is 38.9 Å². The number of thioether (sulfide) groups is 1. The van der Waals surface area contributed by atoms with Crippen molar-refractivity contribution in [3.05, 3.63) is 18.7 Å². The number of nitrogens with one attached hydrogen (secondary N) is 1. The van der Waals surface area contributed by atoms with E-state index in [1.165, 1.54) is 0 Å². The largest absolute Gasteiger partial charge is 0.381 e. The molecule has 0 amide bonds. The summed E-state index contributed by atoms with van der Waals surface area (Å²) < 4.78 is 5.37. The van der Waals surface area contributed by atoms with Crippen LogP contribution in [0.25, 0.3) is 0 Å². The smallest absolute Gasteiger partial charge is 0.223 e. The summed E-state index contributed by atoms with van der Waals surface area (Å²) in [6.45, 7) is 3.91. The molecule has 1 saturated carbocycles. The number of anilines is 1. The quantitative estimate of drug-likeness (QED) is 0.670. The van der Waals surface area contributed by atoms with Gasteiger partial charge in [-0.3, -0.25) is 0 Å². The molecule has 4 nitrogen and oxygen atoms in total. The van der Waals surface area contributed by atoms with E-state index in [0.29, 0.717) is 18.1 Å². The Morgan fingerprint density at radius 2 is 2.11 bits per heavy atom. The van der Waals surface area contributed by atoms with Gasteiger partial charge in [-0.15, -0.1) is 11.8 Å². The molecular formula is C13H20N3OS. The number of nitrogens with zero attached hydrogens (tertiary/aromatic N) is 2. The number of hydrogen-bond acceptors (Lipinski definition) is 5. The Bertz CT molecular complexity index is 392. The van der Waals surface area contributed by atoms with Gasteiger partial charge < -0.3 is 10.1 Å². The van der Waals surface area contributed by atoms with Crippen molar-refractivity contribution < 1.29 is 4.74 Å². The van der Waals surface area contributed by atoms with Gasteiger partial charge in [0.05, 0.1) is 6.10 Å². The summed E-state index contributed by atoms with van der Waals surface area (Å²) in [6, 6.07) is 0.460. The summed E-state index contributed by atoms with van der Waals surface area (Å²) in [7, 11) is 1.79. The van der Waals surface area contributed by atoms with Crippen LogP contribution in [-0.4, -0.2) is 35.5 Å².